The Bertz CT molecular complexity index is 1130. The molecule has 8 nitrogen and oxygen atoms in total. The zero-order valence-corrected chi connectivity index (χ0v) is 17.3. The molecule has 8 heteroatoms. The predicted molar refractivity (Wildman–Crippen MR) is 114 cm³/mol. The number of carbonyl (C=O) groups is 1. The Balaban J connectivity index is 2.16. The molecule has 30 heavy (non-hydrogen) atoms. The summed E-state index contributed by atoms with van der Waals surface area (Å²) in [5.74, 6) is 0.509. The van der Waals surface area contributed by atoms with Crippen LogP contribution in [-0.2, 0) is 16.0 Å². The van der Waals surface area contributed by atoms with Gasteiger partial charge in [0.15, 0.2) is 11.5 Å². The molecule has 0 radical (unpaired) electrons. The van der Waals surface area contributed by atoms with Gasteiger partial charge in [0, 0.05) is 0 Å². The summed E-state index contributed by atoms with van der Waals surface area (Å²) < 4.78 is 16.9. The Morgan fingerprint density at radius 2 is 1.77 bits per heavy atom. The molecule has 0 saturated heterocycles. The highest BCUT2D eigenvalue weighted by Crippen LogP contribution is 2.37. The van der Waals surface area contributed by atoms with Gasteiger partial charge in [-0.2, -0.15) is 0 Å². The van der Waals surface area contributed by atoms with Crippen LogP contribution in [0.25, 0.3) is 5.69 Å². The molecular weight excluding hydrogens is 386 g/mol. The molecule has 1 aromatic heterocycles. The van der Waals surface area contributed by atoms with Crippen molar-refractivity contribution >= 4 is 17.4 Å². The Morgan fingerprint density at radius 3 is 2.40 bits per heavy atom. The van der Waals surface area contributed by atoms with Crippen molar-refractivity contribution in [3.63, 3.8) is 0 Å². The summed E-state index contributed by atoms with van der Waals surface area (Å²) >= 11 is 0. The minimum Gasteiger partial charge on any atom is -0.493 e. The molecule has 156 valence electrons. The van der Waals surface area contributed by atoms with Crippen molar-refractivity contribution in [1.82, 2.24) is 9.78 Å². The third-order valence-corrected chi connectivity index (χ3v) is 4.56. The number of benzene rings is 2. The van der Waals surface area contributed by atoms with Crippen LogP contribution in [0, 0.1) is 0 Å². The van der Waals surface area contributed by atoms with Gasteiger partial charge in [-0.3, -0.25) is 14.7 Å². The number of esters is 1. The number of aliphatic imine (C=N–C) groups is 1. The van der Waals surface area contributed by atoms with Crippen molar-refractivity contribution in [3.05, 3.63) is 70.1 Å². The first-order valence-electron chi connectivity index (χ1n) is 9.23. The van der Waals surface area contributed by atoms with Crippen LogP contribution in [-0.4, -0.2) is 42.8 Å². The third-order valence-electron chi connectivity index (χ3n) is 4.56. The zero-order chi connectivity index (χ0) is 21.7. The van der Waals surface area contributed by atoms with Gasteiger partial charge in [-0.15, -0.1) is 0 Å². The molecule has 0 saturated carbocycles. The van der Waals surface area contributed by atoms with Gasteiger partial charge in [0.2, 0.25) is 0 Å². The normalized spacial score (nSPS) is 11.3. The number of rotatable bonds is 7. The van der Waals surface area contributed by atoms with Gasteiger partial charge in [-0.05, 0) is 31.2 Å². The lowest BCUT2D eigenvalue weighted by molar-refractivity contribution is -0.139. The first-order chi connectivity index (χ1) is 14.5. The molecule has 1 heterocycles. The topological polar surface area (TPSA) is 94.9 Å². The predicted octanol–water partition coefficient (Wildman–Crippen LogP) is 3.04. The number of methoxy groups -OCH3 is 3. The lowest BCUT2D eigenvalue weighted by Crippen LogP contribution is -2.20. The quantitative estimate of drug-likeness (QED) is 0.478. The minimum absolute atomic E-state index is 0.0942. The van der Waals surface area contributed by atoms with Gasteiger partial charge in [0.05, 0.1) is 50.4 Å². The molecule has 1 N–H and O–H groups in total. The summed E-state index contributed by atoms with van der Waals surface area (Å²) in [5.41, 5.74) is 1.98. The van der Waals surface area contributed by atoms with Gasteiger partial charge >= 0.3 is 5.97 Å². The Kier molecular flexibility index (Phi) is 6.36. The van der Waals surface area contributed by atoms with E-state index in [1.54, 1.807) is 37.3 Å². The summed E-state index contributed by atoms with van der Waals surface area (Å²) in [5, 5.41) is 3.02. The Labute approximate surface area is 173 Å². The lowest BCUT2D eigenvalue weighted by atomic mass is 10.1. The number of H-pyrrole nitrogens is 1. The summed E-state index contributed by atoms with van der Waals surface area (Å²) in [6, 6.07) is 14.4. The van der Waals surface area contributed by atoms with Crippen molar-refractivity contribution in [2.24, 2.45) is 4.99 Å². The maximum absolute atomic E-state index is 13.2. The van der Waals surface area contributed by atoms with Gasteiger partial charge in [-0.1, -0.05) is 24.3 Å². The van der Waals surface area contributed by atoms with Crippen LogP contribution in [0.3, 0.4) is 0 Å². The van der Waals surface area contributed by atoms with Crippen LogP contribution in [0.2, 0.25) is 0 Å². The van der Waals surface area contributed by atoms with E-state index in [4.69, 9.17) is 14.2 Å². The molecule has 0 fully saturated rings. The number of aromatic amines is 1. The number of nitrogens with one attached hydrogen (secondary N) is 1. The van der Waals surface area contributed by atoms with Gasteiger partial charge in [-0.25, -0.2) is 9.67 Å². The number of ether oxygens (including phenoxy) is 3. The summed E-state index contributed by atoms with van der Waals surface area (Å²) in [6.07, 6.45) is -0.0942. The Morgan fingerprint density at radius 1 is 1.03 bits per heavy atom. The molecule has 3 aromatic rings. The Hall–Kier alpha value is -3.81. The fourth-order valence-electron chi connectivity index (χ4n) is 3.15. The second-order valence-corrected chi connectivity index (χ2v) is 6.40. The lowest BCUT2D eigenvalue weighted by Gasteiger charge is -2.10. The van der Waals surface area contributed by atoms with Crippen LogP contribution in [0.15, 0.2) is 58.3 Å². The average Bonchev–Trinajstić information content (AvgIpc) is 3.09. The number of hydrogen-bond donors (Lipinski definition) is 1. The fraction of sp³-hybridized carbons (Fsp3) is 0.227. The maximum Gasteiger partial charge on any atom is 0.311 e. The molecule has 2 aromatic carbocycles. The van der Waals surface area contributed by atoms with Crippen molar-refractivity contribution in [3.8, 4) is 17.2 Å². The number of carbonyl (C=O) groups excluding carboxylic acids is 1. The SMILES string of the molecule is COC(=O)Cc1[nH]n(-c2ccccc2)c(=O)c1C(C)=Nc1cccc(OC)c1OC. The molecule has 0 bridgehead atoms. The van der Waals surface area contributed by atoms with Crippen molar-refractivity contribution in [2.75, 3.05) is 21.3 Å². The summed E-state index contributed by atoms with van der Waals surface area (Å²) in [6.45, 7) is 1.71. The molecule has 0 unspecified atom stereocenters. The van der Waals surface area contributed by atoms with E-state index in [2.05, 4.69) is 10.1 Å². The maximum atomic E-state index is 13.2. The zero-order valence-electron chi connectivity index (χ0n) is 17.3. The van der Waals surface area contributed by atoms with Crippen LogP contribution in [0.4, 0.5) is 5.69 Å². The van der Waals surface area contributed by atoms with Crippen LogP contribution < -0.4 is 15.0 Å². The van der Waals surface area contributed by atoms with Gasteiger partial charge in [0.1, 0.15) is 5.69 Å². The van der Waals surface area contributed by atoms with E-state index in [1.807, 2.05) is 18.2 Å². The molecule has 0 aliphatic heterocycles. The number of aromatic nitrogens is 2. The standard InChI is InChI=1S/C22H23N3O5/c1-14(23-16-11-8-12-18(28-2)21(16)30-4)20-17(13-19(26)29-3)24-25(22(20)27)15-9-6-5-7-10-15/h5-12,24H,13H2,1-4H3. The van der Waals surface area contributed by atoms with Crippen LogP contribution >= 0.6 is 0 Å². The van der Waals surface area contributed by atoms with E-state index in [9.17, 15) is 9.59 Å². The number of hydrogen-bond acceptors (Lipinski definition) is 6. The second kappa shape index (κ2) is 9.13. The molecule has 0 spiro atoms. The van der Waals surface area contributed by atoms with Crippen molar-refractivity contribution in [1.29, 1.82) is 0 Å². The van der Waals surface area contributed by atoms with Gasteiger partial charge < -0.3 is 14.2 Å². The van der Waals surface area contributed by atoms with E-state index < -0.39 is 5.97 Å². The van der Waals surface area contributed by atoms with E-state index >= 15 is 0 Å². The van der Waals surface area contributed by atoms with E-state index in [-0.39, 0.29) is 12.0 Å². The number of para-hydroxylation sites is 2. The molecule has 0 atom stereocenters. The van der Waals surface area contributed by atoms with Crippen molar-refractivity contribution < 1.29 is 19.0 Å². The second-order valence-electron chi connectivity index (χ2n) is 6.40. The molecule has 0 aliphatic carbocycles. The van der Waals surface area contributed by atoms with E-state index in [0.717, 1.165) is 0 Å². The molecular formula is C22H23N3O5. The largest absolute Gasteiger partial charge is 0.493 e. The molecule has 0 aliphatic rings. The monoisotopic (exact) mass is 409 g/mol. The number of nitrogens with zero attached hydrogens (tertiary/aromatic N) is 2. The third kappa shape index (κ3) is 4.12. The summed E-state index contributed by atoms with van der Waals surface area (Å²) in [4.78, 5) is 29.7. The summed E-state index contributed by atoms with van der Waals surface area (Å²) in [7, 11) is 4.36. The van der Waals surface area contributed by atoms with Crippen molar-refractivity contribution in [2.45, 2.75) is 13.3 Å². The highest BCUT2D eigenvalue weighted by Gasteiger charge is 2.21. The first kappa shape index (κ1) is 20.9. The highest BCUT2D eigenvalue weighted by molar-refractivity contribution is 6.02. The van der Waals surface area contributed by atoms with E-state index in [1.165, 1.54) is 26.0 Å². The van der Waals surface area contributed by atoms with E-state index in [0.29, 0.717) is 39.8 Å². The smallest absolute Gasteiger partial charge is 0.311 e. The fourth-order valence-corrected chi connectivity index (χ4v) is 3.15. The molecule has 0 amide bonds. The first-order valence-corrected chi connectivity index (χ1v) is 9.23. The minimum atomic E-state index is -0.468. The van der Waals surface area contributed by atoms with Crippen LogP contribution in [0.5, 0.6) is 11.5 Å². The highest BCUT2D eigenvalue weighted by atomic mass is 16.5. The average molecular weight is 409 g/mol. The van der Waals surface area contributed by atoms with Crippen LogP contribution in [0.1, 0.15) is 18.2 Å². The molecule has 3 rings (SSSR count). The van der Waals surface area contributed by atoms with Gasteiger partial charge in [0.25, 0.3) is 5.56 Å².